The molecule has 0 amide bonds. The van der Waals surface area contributed by atoms with Gasteiger partial charge in [-0.25, -0.2) is 0 Å². The van der Waals surface area contributed by atoms with Gasteiger partial charge in [-0.3, -0.25) is 0 Å². The van der Waals surface area contributed by atoms with Crippen molar-refractivity contribution >= 4 is 44.6 Å². The van der Waals surface area contributed by atoms with Crippen molar-refractivity contribution in [2.75, 3.05) is 24.3 Å². The van der Waals surface area contributed by atoms with Gasteiger partial charge in [-0.2, -0.15) is 0 Å². The van der Waals surface area contributed by atoms with Gasteiger partial charge in [0.25, 0.3) is 0 Å². The predicted octanol–water partition coefficient (Wildman–Crippen LogP) is 2.17. The first-order valence-electron chi connectivity index (χ1n) is 4.04. The molecule has 5 heteroatoms. The van der Waals surface area contributed by atoms with E-state index in [1.54, 1.807) is 0 Å². The van der Waals surface area contributed by atoms with Crippen LogP contribution in [-0.4, -0.2) is 19.2 Å². The highest BCUT2D eigenvalue weighted by Crippen LogP contribution is 2.27. The number of rotatable bonds is 2. The second kappa shape index (κ2) is 4.61. The zero-order valence-electron chi connectivity index (χ0n) is 8.04. The molecule has 0 aliphatic rings. The first-order valence-corrected chi connectivity index (χ1v) is 5.24. The summed E-state index contributed by atoms with van der Waals surface area (Å²) in [5, 5.41) is 3.20. The van der Waals surface area contributed by atoms with Gasteiger partial charge in [0, 0.05) is 18.6 Å². The third kappa shape index (κ3) is 2.85. The third-order valence-corrected chi connectivity index (χ3v) is 2.29. The average Bonchev–Trinajstić information content (AvgIpc) is 2.01. The number of benzene rings is 1. The van der Waals surface area contributed by atoms with Crippen molar-refractivity contribution in [2.24, 2.45) is 5.73 Å². The number of halogens is 1. The lowest BCUT2D eigenvalue weighted by Gasteiger charge is -2.18. The summed E-state index contributed by atoms with van der Waals surface area (Å²) < 4.78 is 0.988. The van der Waals surface area contributed by atoms with Crippen molar-refractivity contribution < 1.29 is 0 Å². The number of nitrogens with one attached hydrogen (secondary N) is 1. The molecule has 0 saturated carbocycles. The largest absolute Gasteiger partial charge is 0.376 e. The van der Waals surface area contributed by atoms with Crippen LogP contribution in [0, 0.1) is 0 Å². The molecule has 0 heterocycles. The van der Waals surface area contributed by atoms with Crippen molar-refractivity contribution in [1.29, 1.82) is 0 Å². The third-order valence-electron chi connectivity index (χ3n) is 1.70. The van der Waals surface area contributed by atoms with Crippen molar-refractivity contribution in [2.45, 2.75) is 0 Å². The number of thiocarbonyl (C=S) groups is 1. The number of nitrogens with two attached hydrogens (primary N) is 1. The standard InChI is InChI=1S/C9H12BrN3S/c1-13(2)8-4-3-6(10)5-7(8)12-9(11)14/h3-5H,1-2H3,(H3,11,12,14). The molecule has 14 heavy (non-hydrogen) atoms. The smallest absolute Gasteiger partial charge is 0.168 e. The molecule has 3 N–H and O–H groups in total. The predicted molar refractivity (Wildman–Crippen MR) is 68.9 cm³/mol. The molecule has 0 radical (unpaired) electrons. The summed E-state index contributed by atoms with van der Waals surface area (Å²) in [6, 6.07) is 5.90. The molecule has 0 aliphatic heterocycles. The zero-order valence-corrected chi connectivity index (χ0v) is 10.4. The van der Waals surface area contributed by atoms with E-state index in [0.717, 1.165) is 15.8 Å². The maximum Gasteiger partial charge on any atom is 0.168 e. The monoisotopic (exact) mass is 273 g/mol. The van der Waals surface area contributed by atoms with Gasteiger partial charge in [0.05, 0.1) is 11.4 Å². The van der Waals surface area contributed by atoms with Gasteiger partial charge in [-0.15, -0.1) is 0 Å². The maximum atomic E-state index is 5.43. The van der Waals surface area contributed by atoms with Crippen LogP contribution in [0.1, 0.15) is 0 Å². The molecular formula is C9H12BrN3S. The van der Waals surface area contributed by atoms with E-state index in [2.05, 4.69) is 21.2 Å². The Bertz CT molecular complexity index is 352. The van der Waals surface area contributed by atoms with Gasteiger partial charge >= 0.3 is 0 Å². The molecule has 0 spiro atoms. The SMILES string of the molecule is CN(C)c1ccc(Br)cc1NC(N)=S. The van der Waals surface area contributed by atoms with Crippen LogP contribution in [0.2, 0.25) is 0 Å². The van der Waals surface area contributed by atoms with Gasteiger partial charge in [0.15, 0.2) is 5.11 Å². The lowest BCUT2D eigenvalue weighted by Crippen LogP contribution is -2.21. The lowest BCUT2D eigenvalue weighted by molar-refractivity contribution is 1.13. The topological polar surface area (TPSA) is 41.3 Å². The van der Waals surface area contributed by atoms with E-state index >= 15 is 0 Å². The summed E-state index contributed by atoms with van der Waals surface area (Å²) in [6.07, 6.45) is 0. The van der Waals surface area contributed by atoms with Crippen molar-refractivity contribution in [3.05, 3.63) is 22.7 Å². The van der Waals surface area contributed by atoms with Gasteiger partial charge in [0.2, 0.25) is 0 Å². The summed E-state index contributed by atoms with van der Waals surface area (Å²) in [5.74, 6) is 0. The highest BCUT2D eigenvalue weighted by molar-refractivity contribution is 9.10. The van der Waals surface area contributed by atoms with Gasteiger partial charge in [-0.05, 0) is 30.4 Å². The van der Waals surface area contributed by atoms with E-state index in [9.17, 15) is 0 Å². The summed E-state index contributed by atoms with van der Waals surface area (Å²) in [4.78, 5) is 1.99. The Labute approximate surface area is 97.4 Å². The Morgan fingerprint density at radius 1 is 1.50 bits per heavy atom. The number of hydrogen-bond acceptors (Lipinski definition) is 2. The fourth-order valence-electron chi connectivity index (χ4n) is 1.13. The average molecular weight is 274 g/mol. The Kier molecular flexibility index (Phi) is 3.71. The van der Waals surface area contributed by atoms with E-state index in [1.165, 1.54) is 0 Å². The van der Waals surface area contributed by atoms with Crippen LogP contribution >= 0.6 is 28.1 Å². The van der Waals surface area contributed by atoms with E-state index in [0.29, 0.717) is 0 Å². The fraction of sp³-hybridized carbons (Fsp3) is 0.222. The van der Waals surface area contributed by atoms with Crippen LogP contribution in [0.3, 0.4) is 0 Å². The zero-order chi connectivity index (χ0) is 10.7. The van der Waals surface area contributed by atoms with E-state index in [1.807, 2.05) is 37.2 Å². The van der Waals surface area contributed by atoms with E-state index in [-0.39, 0.29) is 5.11 Å². The van der Waals surface area contributed by atoms with Gasteiger partial charge in [0.1, 0.15) is 0 Å². The van der Waals surface area contributed by atoms with Crippen LogP contribution in [0.5, 0.6) is 0 Å². The van der Waals surface area contributed by atoms with Gasteiger partial charge < -0.3 is 16.0 Å². The summed E-state index contributed by atoms with van der Waals surface area (Å²) in [5.41, 5.74) is 7.37. The molecule has 0 saturated heterocycles. The summed E-state index contributed by atoms with van der Waals surface area (Å²) in [6.45, 7) is 0. The molecule has 0 aromatic heterocycles. The van der Waals surface area contributed by atoms with Crippen LogP contribution in [-0.2, 0) is 0 Å². The summed E-state index contributed by atoms with van der Waals surface area (Å²) in [7, 11) is 3.93. The minimum absolute atomic E-state index is 0.270. The van der Waals surface area contributed by atoms with E-state index < -0.39 is 0 Å². The molecule has 0 bridgehead atoms. The number of anilines is 2. The molecule has 1 aromatic rings. The Morgan fingerprint density at radius 3 is 2.64 bits per heavy atom. The van der Waals surface area contributed by atoms with Gasteiger partial charge in [-0.1, -0.05) is 15.9 Å². The normalized spacial score (nSPS) is 9.64. The second-order valence-electron chi connectivity index (χ2n) is 3.05. The Balaban J connectivity index is 3.09. The Hall–Kier alpha value is -0.810. The minimum Gasteiger partial charge on any atom is -0.376 e. The molecular weight excluding hydrogens is 262 g/mol. The van der Waals surface area contributed by atoms with Crippen LogP contribution in [0.4, 0.5) is 11.4 Å². The number of nitrogens with zero attached hydrogens (tertiary/aromatic N) is 1. The molecule has 76 valence electrons. The molecule has 0 fully saturated rings. The first-order chi connectivity index (χ1) is 6.50. The highest BCUT2D eigenvalue weighted by atomic mass is 79.9. The minimum atomic E-state index is 0.270. The van der Waals surface area contributed by atoms with Crippen molar-refractivity contribution in [3.8, 4) is 0 Å². The second-order valence-corrected chi connectivity index (χ2v) is 4.40. The molecule has 0 atom stereocenters. The highest BCUT2D eigenvalue weighted by Gasteiger charge is 2.05. The Morgan fingerprint density at radius 2 is 2.14 bits per heavy atom. The number of hydrogen-bond donors (Lipinski definition) is 2. The van der Waals surface area contributed by atoms with Crippen molar-refractivity contribution in [1.82, 2.24) is 0 Å². The van der Waals surface area contributed by atoms with Crippen LogP contribution in [0.15, 0.2) is 22.7 Å². The first kappa shape index (κ1) is 11.3. The molecule has 1 rings (SSSR count). The van der Waals surface area contributed by atoms with Crippen molar-refractivity contribution in [3.63, 3.8) is 0 Å². The van der Waals surface area contributed by atoms with E-state index in [4.69, 9.17) is 18.0 Å². The van der Waals surface area contributed by atoms with Crippen LogP contribution in [0.25, 0.3) is 0 Å². The molecule has 3 nitrogen and oxygen atoms in total. The van der Waals surface area contributed by atoms with Crippen LogP contribution < -0.4 is 16.0 Å². The lowest BCUT2D eigenvalue weighted by atomic mass is 10.2. The quantitative estimate of drug-likeness (QED) is 0.811. The maximum absolute atomic E-state index is 5.43. The molecule has 0 aliphatic carbocycles. The fourth-order valence-corrected chi connectivity index (χ4v) is 1.60. The molecule has 0 unspecified atom stereocenters. The molecule has 1 aromatic carbocycles. The summed E-state index contributed by atoms with van der Waals surface area (Å²) >= 11 is 8.19.